The summed E-state index contributed by atoms with van der Waals surface area (Å²) in [7, 11) is 0. The standard InChI is InChI=1S/C17H15F2NO3/c18-13-3-2-10(6-14(13)19)11-7-12(11)17(23)20-8-9-1-4-15(21)16(22)5-9/h1-6,11-12,21-22H,7-8H2,(H,20,23)/t11-,12-/m0/s1. The molecule has 1 fully saturated rings. The number of nitrogens with one attached hydrogen (secondary N) is 1. The lowest BCUT2D eigenvalue weighted by atomic mass is 10.1. The summed E-state index contributed by atoms with van der Waals surface area (Å²) in [6.07, 6.45) is 0.595. The normalized spacial score (nSPS) is 19.4. The van der Waals surface area contributed by atoms with Gasteiger partial charge in [0.25, 0.3) is 0 Å². The molecule has 23 heavy (non-hydrogen) atoms. The number of benzene rings is 2. The van der Waals surface area contributed by atoms with Crippen LogP contribution in [0.15, 0.2) is 36.4 Å². The Labute approximate surface area is 131 Å². The van der Waals surface area contributed by atoms with Crippen molar-refractivity contribution in [3.8, 4) is 11.5 Å². The minimum atomic E-state index is -0.909. The van der Waals surface area contributed by atoms with Crippen molar-refractivity contribution in [3.05, 3.63) is 59.2 Å². The average molecular weight is 319 g/mol. The van der Waals surface area contributed by atoms with E-state index in [1.165, 1.54) is 18.2 Å². The number of phenolic OH excluding ortho intramolecular Hbond substituents is 2. The summed E-state index contributed by atoms with van der Waals surface area (Å²) in [5, 5.41) is 21.4. The van der Waals surface area contributed by atoms with Gasteiger partial charge in [-0.15, -0.1) is 0 Å². The highest BCUT2D eigenvalue weighted by atomic mass is 19.2. The molecule has 0 radical (unpaired) electrons. The van der Waals surface area contributed by atoms with Gasteiger partial charge in [0.05, 0.1) is 0 Å². The first-order valence-corrected chi connectivity index (χ1v) is 7.19. The van der Waals surface area contributed by atoms with Gasteiger partial charge in [-0.2, -0.15) is 0 Å². The molecule has 3 rings (SSSR count). The van der Waals surface area contributed by atoms with Crippen LogP contribution in [-0.2, 0) is 11.3 Å². The quantitative estimate of drug-likeness (QED) is 0.759. The van der Waals surface area contributed by atoms with Gasteiger partial charge in [-0.05, 0) is 47.7 Å². The number of carbonyl (C=O) groups excluding carboxylic acids is 1. The summed E-state index contributed by atoms with van der Waals surface area (Å²) < 4.78 is 26.1. The van der Waals surface area contributed by atoms with Gasteiger partial charge in [0.1, 0.15) is 0 Å². The molecule has 0 saturated heterocycles. The second kappa shape index (κ2) is 5.87. The first-order chi connectivity index (χ1) is 11.0. The Morgan fingerprint density at radius 3 is 2.57 bits per heavy atom. The Morgan fingerprint density at radius 2 is 1.87 bits per heavy atom. The maximum absolute atomic E-state index is 13.2. The molecule has 1 saturated carbocycles. The van der Waals surface area contributed by atoms with E-state index < -0.39 is 11.6 Å². The molecule has 0 aliphatic heterocycles. The molecule has 0 spiro atoms. The summed E-state index contributed by atoms with van der Waals surface area (Å²) >= 11 is 0. The van der Waals surface area contributed by atoms with Crippen LogP contribution in [0.1, 0.15) is 23.5 Å². The molecule has 120 valence electrons. The number of phenols is 2. The van der Waals surface area contributed by atoms with Gasteiger partial charge in [-0.3, -0.25) is 4.79 Å². The van der Waals surface area contributed by atoms with Gasteiger partial charge in [-0.25, -0.2) is 8.78 Å². The summed E-state index contributed by atoms with van der Waals surface area (Å²) in [5.41, 5.74) is 1.27. The molecule has 3 N–H and O–H groups in total. The lowest BCUT2D eigenvalue weighted by Gasteiger charge is -2.07. The van der Waals surface area contributed by atoms with Crippen LogP contribution in [0.25, 0.3) is 0 Å². The molecule has 4 nitrogen and oxygen atoms in total. The van der Waals surface area contributed by atoms with Crippen molar-refractivity contribution in [1.82, 2.24) is 5.32 Å². The van der Waals surface area contributed by atoms with E-state index >= 15 is 0 Å². The molecule has 0 heterocycles. The molecule has 1 aliphatic rings. The molecule has 6 heteroatoms. The Balaban J connectivity index is 1.57. The Bertz CT molecular complexity index is 763. The first kappa shape index (κ1) is 15.3. The second-order valence-electron chi connectivity index (χ2n) is 5.66. The average Bonchev–Trinajstić information content (AvgIpc) is 3.31. The molecular weight excluding hydrogens is 304 g/mol. The van der Waals surface area contributed by atoms with Crippen LogP contribution in [0, 0.1) is 17.6 Å². The van der Waals surface area contributed by atoms with Gasteiger partial charge in [0.15, 0.2) is 23.1 Å². The number of hydrogen-bond donors (Lipinski definition) is 3. The topological polar surface area (TPSA) is 69.6 Å². The fourth-order valence-corrected chi connectivity index (χ4v) is 2.60. The number of amides is 1. The zero-order valence-electron chi connectivity index (χ0n) is 12.1. The Hall–Kier alpha value is -2.63. The van der Waals surface area contributed by atoms with Crippen LogP contribution >= 0.6 is 0 Å². The SMILES string of the molecule is O=C(NCc1ccc(O)c(O)c1)[C@H]1C[C@H]1c1ccc(F)c(F)c1. The fraction of sp³-hybridized carbons (Fsp3) is 0.235. The zero-order valence-corrected chi connectivity index (χ0v) is 12.1. The summed E-state index contributed by atoms with van der Waals surface area (Å²) in [6, 6.07) is 8.00. The highest BCUT2D eigenvalue weighted by Gasteiger charge is 2.44. The van der Waals surface area contributed by atoms with Gasteiger partial charge in [-0.1, -0.05) is 12.1 Å². The van der Waals surface area contributed by atoms with Crippen LogP contribution < -0.4 is 5.32 Å². The van der Waals surface area contributed by atoms with Crippen molar-refractivity contribution in [1.29, 1.82) is 0 Å². The van der Waals surface area contributed by atoms with Gasteiger partial charge in [0.2, 0.25) is 5.91 Å². The monoisotopic (exact) mass is 319 g/mol. The molecule has 2 aromatic carbocycles. The van der Waals surface area contributed by atoms with Crippen molar-refractivity contribution >= 4 is 5.91 Å². The Morgan fingerprint density at radius 1 is 1.09 bits per heavy atom. The van der Waals surface area contributed by atoms with Crippen molar-refractivity contribution < 1.29 is 23.8 Å². The van der Waals surface area contributed by atoms with Gasteiger partial charge in [0, 0.05) is 12.5 Å². The second-order valence-corrected chi connectivity index (χ2v) is 5.66. The van der Waals surface area contributed by atoms with Gasteiger partial charge >= 0.3 is 0 Å². The minimum Gasteiger partial charge on any atom is -0.504 e. The van der Waals surface area contributed by atoms with E-state index in [0.29, 0.717) is 17.5 Å². The molecule has 0 aromatic heterocycles. The summed E-state index contributed by atoms with van der Waals surface area (Å²) in [5.74, 6) is -2.81. The Kier molecular flexibility index (Phi) is 3.90. The third-order valence-electron chi connectivity index (χ3n) is 4.01. The van der Waals surface area contributed by atoms with Crippen LogP contribution in [0.2, 0.25) is 0 Å². The number of carbonyl (C=O) groups is 1. The third kappa shape index (κ3) is 3.26. The van der Waals surface area contributed by atoms with E-state index in [-0.39, 0.29) is 35.8 Å². The molecule has 1 aliphatic carbocycles. The number of aromatic hydroxyl groups is 2. The number of hydrogen-bond acceptors (Lipinski definition) is 3. The van der Waals surface area contributed by atoms with E-state index in [0.717, 1.165) is 12.1 Å². The highest BCUT2D eigenvalue weighted by molar-refractivity contribution is 5.82. The largest absolute Gasteiger partial charge is 0.504 e. The molecule has 0 bridgehead atoms. The maximum atomic E-state index is 13.2. The highest BCUT2D eigenvalue weighted by Crippen LogP contribution is 2.47. The summed E-state index contributed by atoms with van der Waals surface area (Å²) in [6.45, 7) is 0.216. The van der Waals surface area contributed by atoms with Crippen molar-refractivity contribution in [3.63, 3.8) is 0 Å². The molecular formula is C17H15F2NO3. The summed E-state index contributed by atoms with van der Waals surface area (Å²) in [4.78, 5) is 12.1. The van der Waals surface area contributed by atoms with Crippen molar-refractivity contribution in [2.24, 2.45) is 5.92 Å². The lowest BCUT2D eigenvalue weighted by Crippen LogP contribution is -2.24. The van der Waals surface area contributed by atoms with E-state index in [9.17, 15) is 23.8 Å². The van der Waals surface area contributed by atoms with E-state index in [2.05, 4.69) is 5.32 Å². The molecule has 0 unspecified atom stereocenters. The fourth-order valence-electron chi connectivity index (χ4n) is 2.60. The predicted octanol–water partition coefficient (Wildman–Crippen LogP) is 2.80. The van der Waals surface area contributed by atoms with Gasteiger partial charge < -0.3 is 15.5 Å². The van der Waals surface area contributed by atoms with E-state index in [4.69, 9.17) is 0 Å². The smallest absolute Gasteiger partial charge is 0.224 e. The number of rotatable bonds is 4. The molecule has 1 amide bonds. The van der Waals surface area contributed by atoms with E-state index in [1.807, 2.05) is 0 Å². The number of halogens is 2. The molecule has 2 aromatic rings. The van der Waals surface area contributed by atoms with Crippen LogP contribution in [0.4, 0.5) is 8.78 Å². The minimum absolute atomic E-state index is 0.0988. The maximum Gasteiger partial charge on any atom is 0.224 e. The molecule has 2 atom stereocenters. The third-order valence-corrected chi connectivity index (χ3v) is 4.01. The predicted molar refractivity (Wildman–Crippen MR) is 78.8 cm³/mol. The zero-order chi connectivity index (χ0) is 16.6. The van der Waals surface area contributed by atoms with Crippen LogP contribution in [0.3, 0.4) is 0 Å². The first-order valence-electron chi connectivity index (χ1n) is 7.19. The van der Waals surface area contributed by atoms with Crippen molar-refractivity contribution in [2.45, 2.75) is 18.9 Å². The van der Waals surface area contributed by atoms with Crippen LogP contribution in [-0.4, -0.2) is 16.1 Å². The van der Waals surface area contributed by atoms with Crippen molar-refractivity contribution in [2.75, 3.05) is 0 Å². The van der Waals surface area contributed by atoms with E-state index in [1.54, 1.807) is 6.07 Å². The lowest BCUT2D eigenvalue weighted by molar-refractivity contribution is -0.122. The van der Waals surface area contributed by atoms with Crippen LogP contribution in [0.5, 0.6) is 11.5 Å².